The predicted octanol–water partition coefficient (Wildman–Crippen LogP) is 2.98. The van der Waals surface area contributed by atoms with Crippen LogP contribution in [0.1, 0.15) is 22.8 Å². The number of carbonyl (C=O) groups is 1. The van der Waals surface area contributed by atoms with Gasteiger partial charge < -0.3 is 5.43 Å². The van der Waals surface area contributed by atoms with Crippen LogP contribution < -0.4 is 10.9 Å². The maximum Gasteiger partial charge on any atom is 0.270 e. The minimum Gasteiger partial charge on any atom is -0.302 e. The number of benzene rings is 2. The third-order valence-corrected chi connectivity index (χ3v) is 3.24. The van der Waals surface area contributed by atoms with Crippen molar-refractivity contribution >= 4 is 11.6 Å². The maximum atomic E-state index is 12.1. The van der Waals surface area contributed by atoms with Gasteiger partial charge in [0, 0.05) is 29.8 Å². The lowest BCUT2D eigenvalue weighted by molar-refractivity contribution is -0.384. The molecule has 1 amide bonds. The smallest absolute Gasteiger partial charge is 0.270 e. The van der Waals surface area contributed by atoms with Gasteiger partial charge in [-0.3, -0.25) is 20.3 Å². The molecule has 0 aliphatic carbocycles. The molecule has 6 heteroatoms. The van der Waals surface area contributed by atoms with E-state index < -0.39 is 10.8 Å². The van der Waals surface area contributed by atoms with Crippen LogP contribution in [-0.4, -0.2) is 10.8 Å². The molecule has 0 unspecified atom stereocenters. The van der Waals surface area contributed by atoms with Crippen molar-refractivity contribution in [3.05, 3.63) is 87.6 Å². The highest BCUT2D eigenvalue weighted by Crippen LogP contribution is 2.13. The SMILES string of the molecule is CC=C(Cc1ccccc1)NNC(=O)c1cccc([N+](=O)[O-])c1. The standard InChI is InChI=1S/C17H17N3O3/c1-2-15(11-13-7-4-3-5-8-13)18-19-17(21)14-9-6-10-16(12-14)20(22)23/h2-10,12,18H,11H2,1H3,(H,19,21). The second kappa shape index (κ2) is 7.74. The number of hydrogen-bond donors (Lipinski definition) is 2. The fraction of sp³-hybridized carbons (Fsp3) is 0.118. The Balaban J connectivity index is 1.97. The van der Waals surface area contributed by atoms with Crippen molar-refractivity contribution in [1.29, 1.82) is 0 Å². The minimum atomic E-state index is -0.531. The number of rotatable bonds is 6. The van der Waals surface area contributed by atoms with E-state index in [9.17, 15) is 14.9 Å². The van der Waals surface area contributed by atoms with Crippen molar-refractivity contribution in [1.82, 2.24) is 10.9 Å². The summed E-state index contributed by atoms with van der Waals surface area (Å²) in [5.74, 6) is -0.430. The summed E-state index contributed by atoms with van der Waals surface area (Å²) in [7, 11) is 0. The van der Waals surface area contributed by atoms with Crippen LogP contribution in [0, 0.1) is 10.1 Å². The monoisotopic (exact) mass is 311 g/mol. The summed E-state index contributed by atoms with van der Waals surface area (Å²) in [5.41, 5.74) is 7.46. The fourth-order valence-electron chi connectivity index (χ4n) is 2.00. The van der Waals surface area contributed by atoms with E-state index in [1.165, 1.54) is 24.3 Å². The largest absolute Gasteiger partial charge is 0.302 e. The first kappa shape index (κ1) is 16.2. The highest BCUT2D eigenvalue weighted by molar-refractivity contribution is 5.94. The third-order valence-electron chi connectivity index (χ3n) is 3.24. The molecule has 0 aromatic heterocycles. The number of hydrazine groups is 1. The molecule has 2 aromatic rings. The van der Waals surface area contributed by atoms with Crippen LogP contribution >= 0.6 is 0 Å². The third kappa shape index (κ3) is 4.67. The Bertz CT molecular complexity index is 727. The molecular formula is C17H17N3O3. The lowest BCUT2D eigenvalue weighted by Crippen LogP contribution is -2.37. The number of nitro benzene ring substituents is 1. The number of nitro groups is 1. The molecule has 6 nitrogen and oxygen atoms in total. The topological polar surface area (TPSA) is 84.3 Å². The lowest BCUT2D eigenvalue weighted by atomic mass is 10.1. The van der Waals surface area contributed by atoms with E-state index in [0.29, 0.717) is 6.42 Å². The van der Waals surface area contributed by atoms with Crippen LogP contribution in [0.3, 0.4) is 0 Å². The van der Waals surface area contributed by atoms with Gasteiger partial charge in [-0.15, -0.1) is 0 Å². The van der Waals surface area contributed by atoms with Gasteiger partial charge in [0.05, 0.1) is 4.92 Å². The molecule has 2 rings (SSSR count). The first-order chi connectivity index (χ1) is 11.1. The van der Waals surface area contributed by atoms with Gasteiger partial charge >= 0.3 is 0 Å². The molecule has 0 aliphatic heterocycles. The van der Waals surface area contributed by atoms with Gasteiger partial charge in [0.2, 0.25) is 0 Å². The molecule has 23 heavy (non-hydrogen) atoms. The highest BCUT2D eigenvalue weighted by atomic mass is 16.6. The highest BCUT2D eigenvalue weighted by Gasteiger charge is 2.11. The number of nitrogens with zero attached hydrogens (tertiary/aromatic N) is 1. The summed E-state index contributed by atoms with van der Waals surface area (Å²) in [6.07, 6.45) is 2.51. The van der Waals surface area contributed by atoms with Crippen LogP contribution in [-0.2, 0) is 6.42 Å². The number of hydrogen-bond acceptors (Lipinski definition) is 4. The zero-order valence-corrected chi connectivity index (χ0v) is 12.7. The first-order valence-electron chi connectivity index (χ1n) is 7.10. The first-order valence-corrected chi connectivity index (χ1v) is 7.10. The van der Waals surface area contributed by atoms with E-state index >= 15 is 0 Å². The Morgan fingerprint density at radius 1 is 1.13 bits per heavy atom. The van der Waals surface area contributed by atoms with Gasteiger partial charge in [0.1, 0.15) is 0 Å². The molecule has 0 saturated carbocycles. The summed E-state index contributed by atoms with van der Waals surface area (Å²) in [6, 6.07) is 15.4. The van der Waals surface area contributed by atoms with Crippen LogP contribution in [0.5, 0.6) is 0 Å². The number of carbonyl (C=O) groups excluding carboxylic acids is 1. The second-order valence-corrected chi connectivity index (χ2v) is 4.86. The van der Waals surface area contributed by atoms with Gasteiger partial charge in [0.15, 0.2) is 0 Å². The summed E-state index contributed by atoms with van der Waals surface area (Å²) >= 11 is 0. The number of non-ortho nitro benzene ring substituents is 1. The van der Waals surface area contributed by atoms with Crippen molar-refractivity contribution < 1.29 is 9.72 Å². The molecule has 0 aliphatic rings. The van der Waals surface area contributed by atoms with Crippen molar-refractivity contribution in [2.45, 2.75) is 13.3 Å². The van der Waals surface area contributed by atoms with Crippen LogP contribution in [0.4, 0.5) is 5.69 Å². The van der Waals surface area contributed by atoms with Crippen molar-refractivity contribution in [3.8, 4) is 0 Å². The molecule has 0 atom stereocenters. The lowest BCUT2D eigenvalue weighted by Gasteiger charge is -2.12. The van der Waals surface area contributed by atoms with Gasteiger partial charge in [-0.25, -0.2) is 0 Å². The average Bonchev–Trinajstić information content (AvgIpc) is 2.59. The van der Waals surface area contributed by atoms with E-state index in [0.717, 1.165) is 11.3 Å². The molecule has 0 spiro atoms. The van der Waals surface area contributed by atoms with Crippen molar-refractivity contribution in [2.75, 3.05) is 0 Å². The Kier molecular flexibility index (Phi) is 5.46. The number of amides is 1. The normalized spacial score (nSPS) is 10.9. The molecule has 0 saturated heterocycles. The van der Waals surface area contributed by atoms with Gasteiger partial charge in [-0.2, -0.15) is 0 Å². The molecular weight excluding hydrogens is 294 g/mol. The van der Waals surface area contributed by atoms with Crippen molar-refractivity contribution in [2.24, 2.45) is 0 Å². The Labute approximate surface area is 134 Å². The quantitative estimate of drug-likeness (QED) is 0.634. The molecule has 2 aromatic carbocycles. The summed E-state index contributed by atoms with van der Waals surface area (Å²) in [6.45, 7) is 1.87. The van der Waals surface area contributed by atoms with Gasteiger partial charge in [0.25, 0.3) is 11.6 Å². The minimum absolute atomic E-state index is 0.117. The van der Waals surface area contributed by atoms with Crippen LogP contribution in [0.25, 0.3) is 0 Å². The number of allylic oxidation sites excluding steroid dienone is 2. The summed E-state index contributed by atoms with van der Waals surface area (Å²) < 4.78 is 0. The Hall–Kier alpha value is -3.15. The van der Waals surface area contributed by atoms with Crippen LogP contribution in [0.15, 0.2) is 66.4 Å². The fourth-order valence-corrected chi connectivity index (χ4v) is 2.00. The maximum absolute atomic E-state index is 12.1. The molecule has 0 bridgehead atoms. The zero-order valence-electron chi connectivity index (χ0n) is 12.7. The summed E-state index contributed by atoms with van der Waals surface area (Å²) in [5, 5.41) is 10.7. The molecule has 2 N–H and O–H groups in total. The van der Waals surface area contributed by atoms with Crippen molar-refractivity contribution in [3.63, 3.8) is 0 Å². The van der Waals surface area contributed by atoms with E-state index in [4.69, 9.17) is 0 Å². The Morgan fingerprint density at radius 3 is 2.52 bits per heavy atom. The van der Waals surface area contributed by atoms with Gasteiger partial charge in [-0.1, -0.05) is 42.5 Å². The van der Waals surface area contributed by atoms with E-state index in [-0.39, 0.29) is 11.3 Å². The average molecular weight is 311 g/mol. The van der Waals surface area contributed by atoms with E-state index in [2.05, 4.69) is 10.9 Å². The number of nitrogens with one attached hydrogen (secondary N) is 2. The van der Waals surface area contributed by atoms with Gasteiger partial charge in [-0.05, 0) is 18.6 Å². The van der Waals surface area contributed by atoms with E-state index in [1.807, 2.05) is 43.3 Å². The molecule has 118 valence electrons. The molecule has 0 radical (unpaired) electrons. The van der Waals surface area contributed by atoms with Crippen LogP contribution in [0.2, 0.25) is 0 Å². The summed E-state index contributed by atoms with van der Waals surface area (Å²) in [4.78, 5) is 22.3. The predicted molar refractivity (Wildman–Crippen MR) is 87.6 cm³/mol. The van der Waals surface area contributed by atoms with E-state index in [1.54, 1.807) is 0 Å². The zero-order chi connectivity index (χ0) is 16.7. The molecule has 0 fully saturated rings. The molecule has 0 heterocycles. The Morgan fingerprint density at radius 2 is 1.87 bits per heavy atom. The second-order valence-electron chi connectivity index (χ2n) is 4.86.